The van der Waals surface area contributed by atoms with E-state index in [1.807, 2.05) is 0 Å². The molecule has 0 amide bonds. The van der Waals surface area contributed by atoms with E-state index in [0.29, 0.717) is 18.9 Å². The third-order valence-electron chi connectivity index (χ3n) is 1.96. The van der Waals surface area contributed by atoms with E-state index < -0.39 is 10.0 Å². The number of sulfonamides is 1. The quantitative estimate of drug-likeness (QED) is 0.543. The summed E-state index contributed by atoms with van der Waals surface area (Å²) in [5.74, 6) is 0.552. The lowest BCUT2D eigenvalue weighted by Gasteiger charge is -2.04. The lowest BCUT2D eigenvalue weighted by molar-refractivity contribution is 0.0913. The minimum Gasteiger partial charge on any atom is -0.394 e. The predicted octanol–water partition coefficient (Wildman–Crippen LogP) is -0.605. The molecule has 0 fully saturated rings. The van der Waals surface area contributed by atoms with Crippen molar-refractivity contribution in [3.8, 4) is 0 Å². The molecule has 7 nitrogen and oxygen atoms in total. The summed E-state index contributed by atoms with van der Waals surface area (Å²) in [6, 6.07) is 0. The standard InChI is InChI=1S/C9H17N3O4S/c1-8-10-7-9(12-8)17(14,15)11-3-2-5-16-6-4-13/h7,11,13H,2-6H2,1H3,(H,10,12). The van der Waals surface area contributed by atoms with Crippen LogP contribution in [0.2, 0.25) is 0 Å². The summed E-state index contributed by atoms with van der Waals surface area (Å²) < 4.78 is 30.8. The molecule has 3 N–H and O–H groups in total. The van der Waals surface area contributed by atoms with E-state index in [-0.39, 0.29) is 24.8 Å². The molecule has 0 aliphatic heterocycles. The van der Waals surface area contributed by atoms with Crippen LogP contribution in [0.1, 0.15) is 12.2 Å². The van der Waals surface area contributed by atoms with Crippen molar-refractivity contribution in [3.63, 3.8) is 0 Å². The maximum Gasteiger partial charge on any atom is 0.257 e. The Hall–Kier alpha value is -0.960. The number of hydrogen-bond donors (Lipinski definition) is 3. The second-order valence-corrected chi connectivity index (χ2v) is 5.16. The monoisotopic (exact) mass is 263 g/mol. The lowest BCUT2D eigenvalue weighted by Crippen LogP contribution is -2.26. The summed E-state index contributed by atoms with van der Waals surface area (Å²) in [6.45, 7) is 2.62. The van der Waals surface area contributed by atoms with E-state index >= 15 is 0 Å². The molecule has 17 heavy (non-hydrogen) atoms. The summed E-state index contributed by atoms with van der Waals surface area (Å²) in [5.41, 5.74) is 0. The maximum atomic E-state index is 11.7. The van der Waals surface area contributed by atoms with Gasteiger partial charge in [-0.25, -0.2) is 18.1 Å². The number of imidazole rings is 1. The third kappa shape index (κ3) is 4.82. The number of H-pyrrole nitrogens is 1. The van der Waals surface area contributed by atoms with Crippen LogP contribution in [0.15, 0.2) is 11.2 Å². The van der Waals surface area contributed by atoms with Crippen molar-refractivity contribution in [2.75, 3.05) is 26.4 Å². The van der Waals surface area contributed by atoms with Gasteiger partial charge >= 0.3 is 0 Å². The largest absolute Gasteiger partial charge is 0.394 e. The molecule has 0 unspecified atom stereocenters. The van der Waals surface area contributed by atoms with E-state index in [1.165, 1.54) is 6.20 Å². The SMILES string of the molecule is Cc1ncc(S(=O)(=O)NCCCOCCO)[nH]1. The van der Waals surface area contributed by atoms with Crippen LogP contribution in [0.3, 0.4) is 0 Å². The lowest BCUT2D eigenvalue weighted by atomic mass is 10.5. The highest BCUT2D eigenvalue weighted by atomic mass is 32.2. The number of rotatable bonds is 8. The minimum absolute atomic E-state index is 0.0286. The highest BCUT2D eigenvalue weighted by Gasteiger charge is 2.15. The molecule has 0 bridgehead atoms. The summed E-state index contributed by atoms with van der Waals surface area (Å²) in [6.07, 6.45) is 1.83. The first kappa shape index (κ1) is 14.1. The van der Waals surface area contributed by atoms with Crippen LogP contribution >= 0.6 is 0 Å². The zero-order chi connectivity index (χ0) is 12.7. The Morgan fingerprint density at radius 2 is 2.29 bits per heavy atom. The first-order valence-corrected chi connectivity index (χ1v) is 6.74. The van der Waals surface area contributed by atoms with Crippen LogP contribution in [0.5, 0.6) is 0 Å². The van der Waals surface area contributed by atoms with E-state index in [4.69, 9.17) is 9.84 Å². The fourth-order valence-electron chi connectivity index (χ4n) is 1.16. The van der Waals surface area contributed by atoms with Crippen molar-refractivity contribution in [3.05, 3.63) is 12.0 Å². The highest BCUT2D eigenvalue weighted by molar-refractivity contribution is 7.89. The van der Waals surface area contributed by atoms with Gasteiger partial charge in [0.15, 0.2) is 5.03 Å². The molecule has 0 aliphatic rings. The van der Waals surface area contributed by atoms with Gasteiger partial charge in [0, 0.05) is 13.2 Å². The van der Waals surface area contributed by atoms with Gasteiger partial charge in [0.25, 0.3) is 10.0 Å². The Morgan fingerprint density at radius 3 is 2.88 bits per heavy atom. The van der Waals surface area contributed by atoms with Crippen molar-refractivity contribution >= 4 is 10.0 Å². The van der Waals surface area contributed by atoms with Gasteiger partial charge in [0.05, 0.1) is 19.4 Å². The number of aryl methyl sites for hydroxylation is 1. The zero-order valence-corrected chi connectivity index (χ0v) is 10.5. The van der Waals surface area contributed by atoms with Gasteiger partial charge in [-0.05, 0) is 13.3 Å². The molecule has 98 valence electrons. The van der Waals surface area contributed by atoms with Gasteiger partial charge in [-0.2, -0.15) is 0 Å². The first-order chi connectivity index (χ1) is 8.06. The number of hydrogen-bond acceptors (Lipinski definition) is 5. The molecule has 0 aliphatic carbocycles. The average molecular weight is 263 g/mol. The number of nitrogens with zero attached hydrogens (tertiary/aromatic N) is 1. The fourth-order valence-corrected chi connectivity index (χ4v) is 2.20. The number of aromatic nitrogens is 2. The van der Waals surface area contributed by atoms with Crippen LogP contribution < -0.4 is 4.72 Å². The predicted molar refractivity (Wildman–Crippen MR) is 61.0 cm³/mol. The van der Waals surface area contributed by atoms with Gasteiger partial charge in [0.2, 0.25) is 0 Å². The third-order valence-corrected chi connectivity index (χ3v) is 3.33. The van der Waals surface area contributed by atoms with Crippen molar-refractivity contribution in [1.29, 1.82) is 0 Å². The molecule has 8 heteroatoms. The Bertz CT molecular complexity index is 429. The Labute approximate surface area is 100 Å². The molecular formula is C9H17N3O4S. The van der Waals surface area contributed by atoms with Gasteiger partial charge in [-0.15, -0.1) is 0 Å². The van der Waals surface area contributed by atoms with E-state index in [1.54, 1.807) is 6.92 Å². The van der Waals surface area contributed by atoms with Crippen molar-refractivity contribution in [1.82, 2.24) is 14.7 Å². The Balaban J connectivity index is 2.31. The van der Waals surface area contributed by atoms with Crippen LogP contribution in [-0.2, 0) is 14.8 Å². The van der Waals surface area contributed by atoms with E-state index in [9.17, 15) is 8.42 Å². The number of nitrogens with one attached hydrogen (secondary N) is 2. The zero-order valence-electron chi connectivity index (χ0n) is 9.64. The van der Waals surface area contributed by atoms with Crippen LogP contribution in [0.4, 0.5) is 0 Å². The average Bonchev–Trinajstić information content (AvgIpc) is 2.71. The molecule has 1 aromatic rings. The molecule has 0 aromatic carbocycles. The van der Waals surface area contributed by atoms with Gasteiger partial charge in [0.1, 0.15) is 5.82 Å². The van der Waals surface area contributed by atoms with Gasteiger partial charge in [-0.1, -0.05) is 0 Å². The second kappa shape index (κ2) is 6.70. The van der Waals surface area contributed by atoms with Crippen molar-refractivity contribution in [2.24, 2.45) is 0 Å². The van der Waals surface area contributed by atoms with Crippen LogP contribution in [0.25, 0.3) is 0 Å². The summed E-state index contributed by atoms with van der Waals surface area (Å²) in [7, 11) is -3.51. The summed E-state index contributed by atoms with van der Waals surface area (Å²) in [4.78, 5) is 6.48. The Kier molecular flexibility index (Phi) is 5.56. The number of aliphatic hydroxyl groups is 1. The molecule has 0 radical (unpaired) electrons. The van der Waals surface area contributed by atoms with Gasteiger partial charge < -0.3 is 14.8 Å². The molecule has 1 heterocycles. The van der Waals surface area contributed by atoms with E-state index in [2.05, 4.69) is 14.7 Å². The number of ether oxygens (including phenoxy) is 1. The molecular weight excluding hydrogens is 246 g/mol. The summed E-state index contributed by atoms with van der Waals surface area (Å²) in [5, 5.41) is 8.52. The van der Waals surface area contributed by atoms with Crippen LogP contribution in [-0.4, -0.2) is 49.9 Å². The summed E-state index contributed by atoms with van der Waals surface area (Å²) >= 11 is 0. The van der Waals surface area contributed by atoms with E-state index in [0.717, 1.165) is 0 Å². The molecule has 1 rings (SSSR count). The molecule has 0 saturated heterocycles. The Morgan fingerprint density at radius 1 is 1.53 bits per heavy atom. The molecule has 0 saturated carbocycles. The minimum atomic E-state index is -3.51. The number of aliphatic hydroxyl groups excluding tert-OH is 1. The fraction of sp³-hybridized carbons (Fsp3) is 0.667. The highest BCUT2D eigenvalue weighted by Crippen LogP contribution is 2.04. The molecule has 0 spiro atoms. The number of aromatic amines is 1. The topological polar surface area (TPSA) is 104 Å². The maximum absolute atomic E-state index is 11.7. The smallest absolute Gasteiger partial charge is 0.257 e. The second-order valence-electron chi connectivity index (χ2n) is 3.42. The molecule has 1 aromatic heterocycles. The first-order valence-electron chi connectivity index (χ1n) is 5.26. The van der Waals surface area contributed by atoms with Crippen molar-refractivity contribution < 1.29 is 18.3 Å². The van der Waals surface area contributed by atoms with Gasteiger partial charge in [-0.3, -0.25) is 0 Å². The molecule has 0 atom stereocenters. The van der Waals surface area contributed by atoms with Crippen LogP contribution in [0, 0.1) is 6.92 Å². The van der Waals surface area contributed by atoms with Crippen molar-refractivity contribution in [2.45, 2.75) is 18.4 Å². The normalized spacial score (nSPS) is 11.9.